The van der Waals surface area contributed by atoms with Crippen molar-refractivity contribution in [1.29, 1.82) is 0 Å². The molecule has 0 spiro atoms. The lowest BCUT2D eigenvalue weighted by molar-refractivity contribution is -0.782. The standard InChI is InChI=1S/C7H16NO/c1-4-7-8(5-2)9-6-3/h7H,4-6H2,1-3H3/q+1. The summed E-state index contributed by atoms with van der Waals surface area (Å²) in [4.78, 5) is 5.21. The van der Waals surface area contributed by atoms with Crippen LogP contribution in [-0.4, -0.2) is 24.1 Å². The van der Waals surface area contributed by atoms with Crippen LogP contribution in [0.1, 0.15) is 27.2 Å². The molecule has 54 valence electrons. The Kier molecular flexibility index (Phi) is 5.27. The molecule has 0 aliphatic carbocycles. The highest BCUT2D eigenvalue weighted by Gasteiger charge is 1.95. The van der Waals surface area contributed by atoms with Gasteiger partial charge in [-0.25, -0.2) is 0 Å². The Morgan fingerprint density at radius 3 is 2.33 bits per heavy atom. The van der Waals surface area contributed by atoms with E-state index in [1.54, 1.807) is 0 Å². The average molecular weight is 130 g/mol. The van der Waals surface area contributed by atoms with Gasteiger partial charge in [-0.15, -0.1) is 0 Å². The van der Waals surface area contributed by atoms with E-state index in [9.17, 15) is 0 Å². The second-order valence-corrected chi connectivity index (χ2v) is 1.74. The average Bonchev–Trinajstić information content (AvgIpc) is 1.88. The lowest BCUT2D eigenvalue weighted by Gasteiger charge is -1.95. The number of hydroxylamine groups is 1. The molecule has 0 rings (SSSR count). The molecular weight excluding hydrogens is 114 g/mol. The van der Waals surface area contributed by atoms with Crippen LogP contribution in [0.2, 0.25) is 0 Å². The maximum absolute atomic E-state index is 5.21. The van der Waals surface area contributed by atoms with Crippen molar-refractivity contribution in [3.05, 3.63) is 0 Å². The van der Waals surface area contributed by atoms with Gasteiger partial charge >= 0.3 is 0 Å². The molecule has 0 radical (unpaired) electrons. The third-order valence-corrected chi connectivity index (χ3v) is 0.993. The van der Waals surface area contributed by atoms with Crippen LogP contribution < -0.4 is 0 Å². The van der Waals surface area contributed by atoms with E-state index in [4.69, 9.17) is 4.84 Å². The Balaban J connectivity index is 3.53. The van der Waals surface area contributed by atoms with E-state index in [0.717, 1.165) is 19.6 Å². The largest absolute Gasteiger partial charge is 0.278 e. The van der Waals surface area contributed by atoms with Crippen molar-refractivity contribution in [2.24, 2.45) is 0 Å². The molecular formula is C7H16NO+. The fourth-order valence-corrected chi connectivity index (χ4v) is 0.643. The van der Waals surface area contributed by atoms with Crippen molar-refractivity contribution >= 4 is 6.21 Å². The fraction of sp³-hybridized carbons (Fsp3) is 0.857. The fourth-order valence-electron chi connectivity index (χ4n) is 0.643. The minimum absolute atomic E-state index is 0.754. The summed E-state index contributed by atoms with van der Waals surface area (Å²) < 4.78 is 1.86. The number of hydrogen-bond donors (Lipinski definition) is 0. The topological polar surface area (TPSA) is 12.2 Å². The number of nitrogens with zero attached hydrogens (tertiary/aromatic N) is 1. The Morgan fingerprint density at radius 1 is 1.33 bits per heavy atom. The lowest BCUT2D eigenvalue weighted by atomic mass is 10.5. The van der Waals surface area contributed by atoms with Gasteiger partial charge in [0.25, 0.3) is 0 Å². The first-order valence-corrected chi connectivity index (χ1v) is 3.58. The monoisotopic (exact) mass is 130 g/mol. The highest BCUT2D eigenvalue weighted by molar-refractivity contribution is 5.49. The zero-order valence-electron chi connectivity index (χ0n) is 6.55. The minimum Gasteiger partial charge on any atom is -0.278 e. The molecule has 0 unspecified atom stereocenters. The molecule has 0 aromatic heterocycles. The highest BCUT2D eigenvalue weighted by Crippen LogP contribution is 1.78. The maximum Gasteiger partial charge on any atom is 0.192 e. The molecule has 0 aromatic carbocycles. The lowest BCUT2D eigenvalue weighted by Crippen LogP contribution is -2.12. The Hall–Kier alpha value is -0.530. The van der Waals surface area contributed by atoms with Crippen molar-refractivity contribution in [2.75, 3.05) is 13.2 Å². The van der Waals surface area contributed by atoms with Gasteiger partial charge < -0.3 is 0 Å². The molecule has 0 saturated carbocycles. The molecule has 0 atom stereocenters. The van der Waals surface area contributed by atoms with E-state index in [1.165, 1.54) is 0 Å². The van der Waals surface area contributed by atoms with E-state index in [-0.39, 0.29) is 0 Å². The van der Waals surface area contributed by atoms with Crippen LogP contribution in [0.15, 0.2) is 0 Å². The van der Waals surface area contributed by atoms with E-state index in [2.05, 4.69) is 13.8 Å². The first-order valence-electron chi connectivity index (χ1n) is 3.58. The summed E-state index contributed by atoms with van der Waals surface area (Å²) in [6, 6.07) is 0. The molecule has 0 heterocycles. The van der Waals surface area contributed by atoms with Gasteiger partial charge in [-0.1, -0.05) is 6.92 Å². The molecule has 2 heteroatoms. The summed E-state index contributed by atoms with van der Waals surface area (Å²) in [5.74, 6) is 0. The second-order valence-electron chi connectivity index (χ2n) is 1.74. The van der Waals surface area contributed by atoms with Gasteiger partial charge in [0.05, 0.1) is 0 Å². The SMILES string of the molecule is CCC=[N+](CC)OCC. The van der Waals surface area contributed by atoms with Gasteiger partial charge in [-0.3, -0.25) is 4.84 Å². The van der Waals surface area contributed by atoms with Gasteiger partial charge in [-0.2, -0.15) is 0 Å². The highest BCUT2D eigenvalue weighted by atomic mass is 16.7. The quantitative estimate of drug-likeness (QED) is 0.319. The van der Waals surface area contributed by atoms with Gasteiger partial charge in [0, 0.05) is 6.42 Å². The first-order chi connectivity index (χ1) is 4.35. The zero-order chi connectivity index (χ0) is 7.11. The second kappa shape index (κ2) is 5.60. The maximum atomic E-state index is 5.21. The Labute approximate surface area is 57.1 Å². The molecule has 9 heavy (non-hydrogen) atoms. The van der Waals surface area contributed by atoms with Crippen LogP contribution in [0.4, 0.5) is 0 Å². The van der Waals surface area contributed by atoms with Gasteiger partial charge in [0.15, 0.2) is 19.4 Å². The molecule has 2 nitrogen and oxygen atoms in total. The predicted molar refractivity (Wildman–Crippen MR) is 38.8 cm³/mol. The van der Waals surface area contributed by atoms with Crippen LogP contribution in [0.25, 0.3) is 0 Å². The smallest absolute Gasteiger partial charge is 0.192 e. The summed E-state index contributed by atoms with van der Waals surface area (Å²) in [5.41, 5.74) is 0. The van der Waals surface area contributed by atoms with Crippen LogP contribution in [0.3, 0.4) is 0 Å². The van der Waals surface area contributed by atoms with Gasteiger partial charge in [0.1, 0.15) is 0 Å². The van der Waals surface area contributed by atoms with Crippen molar-refractivity contribution in [3.8, 4) is 0 Å². The van der Waals surface area contributed by atoms with E-state index in [0.29, 0.717) is 0 Å². The molecule has 0 aromatic rings. The van der Waals surface area contributed by atoms with E-state index < -0.39 is 0 Å². The first kappa shape index (κ1) is 8.47. The zero-order valence-corrected chi connectivity index (χ0v) is 6.55. The normalized spacial score (nSPS) is 11.7. The van der Waals surface area contributed by atoms with Crippen molar-refractivity contribution in [1.82, 2.24) is 0 Å². The molecule has 0 amide bonds. The molecule has 0 saturated heterocycles. The third kappa shape index (κ3) is 4.01. The van der Waals surface area contributed by atoms with Crippen LogP contribution in [0, 0.1) is 0 Å². The summed E-state index contributed by atoms with van der Waals surface area (Å²) in [5, 5.41) is 0. The molecule has 0 aliphatic rings. The molecule has 0 aliphatic heterocycles. The summed E-state index contributed by atoms with van der Waals surface area (Å²) in [6.07, 6.45) is 3.08. The minimum atomic E-state index is 0.754. The Morgan fingerprint density at radius 2 is 2.00 bits per heavy atom. The van der Waals surface area contributed by atoms with Crippen LogP contribution in [-0.2, 0) is 4.84 Å². The summed E-state index contributed by atoms with van der Waals surface area (Å²) in [6.45, 7) is 7.85. The van der Waals surface area contributed by atoms with Crippen LogP contribution in [0.5, 0.6) is 0 Å². The molecule has 0 bridgehead atoms. The summed E-state index contributed by atoms with van der Waals surface area (Å²) >= 11 is 0. The Bertz CT molecular complexity index is 88.9. The molecule has 0 N–H and O–H groups in total. The number of rotatable bonds is 4. The number of hydrogen-bond acceptors (Lipinski definition) is 1. The van der Waals surface area contributed by atoms with Crippen molar-refractivity contribution in [2.45, 2.75) is 27.2 Å². The van der Waals surface area contributed by atoms with E-state index in [1.807, 2.05) is 17.9 Å². The third-order valence-electron chi connectivity index (χ3n) is 0.993. The summed E-state index contributed by atoms with van der Waals surface area (Å²) in [7, 11) is 0. The van der Waals surface area contributed by atoms with Crippen LogP contribution >= 0.6 is 0 Å². The molecule has 0 fully saturated rings. The van der Waals surface area contributed by atoms with Gasteiger partial charge in [0.2, 0.25) is 0 Å². The van der Waals surface area contributed by atoms with Crippen molar-refractivity contribution < 1.29 is 9.58 Å². The van der Waals surface area contributed by atoms with Gasteiger partial charge in [-0.05, 0) is 18.6 Å². The van der Waals surface area contributed by atoms with E-state index >= 15 is 0 Å². The van der Waals surface area contributed by atoms with Crippen molar-refractivity contribution in [3.63, 3.8) is 0 Å². The predicted octanol–water partition coefficient (Wildman–Crippen LogP) is 1.45.